The molecule has 0 radical (unpaired) electrons. The van der Waals surface area contributed by atoms with E-state index >= 15 is 0 Å². The lowest BCUT2D eigenvalue weighted by atomic mass is 10.2. The van der Waals surface area contributed by atoms with E-state index in [-0.39, 0.29) is 18.6 Å². The average molecular weight is 256 g/mol. The maximum absolute atomic E-state index is 12.0. The summed E-state index contributed by atoms with van der Waals surface area (Å²) in [4.78, 5) is 10.7. The molecule has 0 bridgehead atoms. The summed E-state index contributed by atoms with van der Waals surface area (Å²) >= 11 is 0. The van der Waals surface area contributed by atoms with Crippen LogP contribution < -0.4 is 0 Å². The van der Waals surface area contributed by atoms with Gasteiger partial charge in [0.1, 0.15) is 0 Å². The van der Waals surface area contributed by atoms with Gasteiger partial charge in [0.15, 0.2) is 9.84 Å². The van der Waals surface area contributed by atoms with Gasteiger partial charge in [-0.1, -0.05) is 12.1 Å². The number of carbonyl (C=O) groups is 1. The Hall–Kier alpha value is -1.36. The van der Waals surface area contributed by atoms with Gasteiger partial charge in [0.2, 0.25) is 0 Å². The molecule has 0 heterocycles. The van der Waals surface area contributed by atoms with Crippen molar-refractivity contribution in [2.24, 2.45) is 0 Å². The van der Waals surface area contributed by atoms with Crippen molar-refractivity contribution in [3.05, 3.63) is 29.3 Å². The van der Waals surface area contributed by atoms with Gasteiger partial charge in [0.05, 0.1) is 10.6 Å². The molecule has 0 spiro atoms. The third-order valence-corrected chi connectivity index (χ3v) is 4.42. The van der Waals surface area contributed by atoms with Crippen LogP contribution in [-0.4, -0.2) is 25.2 Å². The molecule has 0 atom stereocenters. The minimum Gasteiger partial charge on any atom is -0.481 e. The maximum Gasteiger partial charge on any atom is 0.303 e. The molecule has 0 saturated heterocycles. The van der Waals surface area contributed by atoms with Gasteiger partial charge < -0.3 is 5.11 Å². The summed E-state index contributed by atoms with van der Waals surface area (Å²) in [6.45, 7) is 3.57. The van der Waals surface area contributed by atoms with Gasteiger partial charge in [-0.15, -0.1) is 0 Å². The summed E-state index contributed by atoms with van der Waals surface area (Å²) in [6, 6.07) is 5.25. The van der Waals surface area contributed by atoms with Crippen molar-refractivity contribution in [1.82, 2.24) is 0 Å². The van der Waals surface area contributed by atoms with E-state index in [2.05, 4.69) is 0 Å². The fourth-order valence-electron chi connectivity index (χ4n) is 1.57. The molecule has 0 aliphatic heterocycles. The molecule has 0 aliphatic rings. The SMILES string of the molecule is Cc1ccc(C)c(S(=O)(=O)CCCC(=O)O)c1. The summed E-state index contributed by atoms with van der Waals surface area (Å²) in [5.41, 5.74) is 1.58. The number of aliphatic carboxylic acids is 1. The number of hydrogen-bond acceptors (Lipinski definition) is 3. The lowest BCUT2D eigenvalue weighted by Crippen LogP contribution is -2.10. The zero-order valence-electron chi connectivity index (χ0n) is 9.93. The topological polar surface area (TPSA) is 71.4 Å². The first-order valence-electron chi connectivity index (χ1n) is 5.35. The largest absolute Gasteiger partial charge is 0.481 e. The van der Waals surface area contributed by atoms with Crippen LogP contribution >= 0.6 is 0 Å². The van der Waals surface area contributed by atoms with Crippen LogP contribution in [0.15, 0.2) is 23.1 Å². The molecule has 0 saturated carbocycles. The highest BCUT2D eigenvalue weighted by Gasteiger charge is 2.17. The summed E-state index contributed by atoms with van der Waals surface area (Å²) in [7, 11) is -3.37. The minimum absolute atomic E-state index is 0.121. The number of carboxylic acids is 1. The van der Waals surface area contributed by atoms with E-state index in [4.69, 9.17) is 5.11 Å². The normalized spacial score (nSPS) is 11.4. The summed E-state index contributed by atoms with van der Waals surface area (Å²) in [5.74, 6) is -1.09. The maximum atomic E-state index is 12.0. The second-order valence-electron chi connectivity index (χ2n) is 4.09. The molecule has 1 N–H and O–H groups in total. The van der Waals surface area contributed by atoms with Gasteiger partial charge >= 0.3 is 5.97 Å². The van der Waals surface area contributed by atoms with Gasteiger partial charge in [-0.05, 0) is 37.5 Å². The van der Waals surface area contributed by atoms with Crippen molar-refractivity contribution in [2.75, 3.05) is 5.75 Å². The Balaban J connectivity index is 2.89. The average Bonchev–Trinajstić information content (AvgIpc) is 2.20. The standard InChI is InChI=1S/C12H16O4S/c1-9-5-6-10(2)11(8-9)17(15,16)7-3-4-12(13)14/h5-6,8H,3-4,7H2,1-2H3,(H,13,14). The number of sulfone groups is 1. The van der Waals surface area contributed by atoms with Crippen LogP contribution in [0.5, 0.6) is 0 Å². The van der Waals surface area contributed by atoms with Crippen molar-refractivity contribution in [2.45, 2.75) is 31.6 Å². The number of benzene rings is 1. The molecule has 0 unspecified atom stereocenters. The zero-order valence-corrected chi connectivity index (χ0v) is 10.8. The smallest absolute Gasteiger partial charge is 0.303 e. The van der Waals surface area contributed by atoms with Gasteiger partial charge in [0.25, 0.3) is 0 Å². The van der Waals surface area contributed by atoms with Gasteiger partial charge in [-0.25, -0.2) is 8.42 Å². The molecule has 0 aromatic heterocycles. The van der Waals surface area contributed by atoms with Crippen LogP contribution in [0, 0.1) is 13.8 Å². The first kappa shape index (κ1) is 13.7. The van der Waals surface area contributed by atoms with E-state index in [1.807, 2.05) is 13.0 Å². The molecule has 0 amide bonds. The van der Waals surface area contributed by atoms with Crippen LogP contribution in [-0.2, 0) is 14.6 Å². The van der Waals surface area contributed by atoms with Crippen molar-refractivity contribution in [3.8, 4) is 0 Å². The second-order valence-corrected chi connectivity index (χ2v) is 6.16. The Kier molecular flexibility index (Phi) is 4.28. The van der Waals surface area contributed by atoms with Gasteiger partial charge in [-0.3, -0.25) is 4.79 Å². The van der Waals surface area contributed by atoms with Crippen molar-refractivity contribution in [3.63, 3.8) is 0 Å². The molecular formula is C12H16O4S. The number of carboxylic acid groups (broad SMARTS) is 1. The van der Waals surface area contributed by atoms with E-state index in [1.165, 1.54) is 0 Å². The van der Waals surface area contributed by atoms with Crippen molar-refractivity contribution >= 4 is 15.8 Å². The van der Waals surface area contributed by atoms with Crippen LogP contribution in [0.25, 0.3) is 0 Å². The van der Waals surface area contributed by atoms with E-state index < -0.39 is 15.8 Å². The number of aryl methyl sites for hydroxylation is 2. The molecule has 1 aromatic rings. The van der Waals surface area contributed by atoms with Crippen molar-refractivity contribution in [1.29, 1.82) is 0 Å². The Morgan fingerprint density at radius 3 is 2.53 bits per heavy atom. The Morgan fingerprint density at radius 1 is 1.29 bits per heavy atom. The fourth-order valence-corrected chi connectivity index (χ4v) is 3.23. The molecular weight excluding hydrogens is 240 g/mol. The molecule has 4 nitrogen and oxygen atoms in total. The highest BCUT2D eigenvalue weighted by Crippen LogP contribution is 2.19. The zero-order chi connectivity index (χ0) is 13.1. The van der Waals surface area contributed by atoms with Crippen LogP contribution in [0.4, 0.5) is 0 Å². The highest BCUT2D eigenvalue weighted by atomic mass is 32.2. The predicted molar refractivity (Wildman–Crippen MR) is 64.8 cm³/mol. The van der Waals surface area contributed by atoms with Crippen molar-refractivity contribution < 1.29 is 18.3 Å². The van der Waals surface area contributed by atoms with E-state index in [1.54, 1.807) is 19.1 Å². The third-order valence-electron chi connectivity index (χ3n) is 2.48. The predicted octanol–water partition coefficient (Wildman–Crippen LogP) is 1.94. The Bertz CT molecular complexity index is 517. The van der Waals surface area contributed by atoms with Crippen LogP contribution in [0.1, 0.15) is 24.0 Å². The van der Waals surface area contributed by atoms with Gasteiger partial charge in [0, 0.05) is 6.42 Å². The summed E-state index contributed by atoms with van der Waals surface area (Å²) in [6.07, 6.45) is 0.0230. The molecule has 94 valence electrons. The monoisotopic (exact) mass is 256 g/mol. The first-order valence-corrected chi connectivity index (χ1v) is 7.00. The van der Waals surface area contributed by atoms with E-state index in [9.17, 15) is 13.2 Å². The fraction of sp³-hybridized carbons (Fsp3) is 0.417. The van der Waals surface area contributed by atoms with Crippen LogP contribution in [0.2, 0.25) is 0 Å². The Labute approximate surface area is 101 Å². The third kappa shape index (κ3) is 3.85. The first-order chi connectivity index (χ1) is 7.83. The second kappa shape index (κ2) is 5.31. The van der Waals surface area contributed by atoms with Gasteiger partial charge in [-0.2, -0.15) is 0 Å². The highest BCUT2D eigenvalue weighted by molar-refractivity contribution is 7.91. The van der Waals surface area contributed by atoms with Crippen LogP contribution in [0.3, 0.4) is 0 Å². The molecule has 5 heteroatoms. The molecule has 1 aromatic carbocycles. The molecule has 0 aliphatic carbocycles. The molecule has 17 heavy (non-hydrogen) atoms. The number of hydrogen-bond donors (Lipinski definition) is 1. The summed E-state index contributed by atoms with van der Waals surface area (Å²) in [5, 5.41) is 8.48. The summed E-state index contributed by atoms with van der Waals surface area (Å²) < 4.78 is 24.0. The Morgan fingerprint density at radius 2 is 1.94 bits per heavy atom. The number of rotatable bonds is 5. The lowest BCUT2D eigenvalue weighted by Gasteiger charge is -2.08. The van der Waals surface area contributed by atoms with E-state index in [0.29, 0.717) is 10.5 Å². The van der Waals surface area contributed by atoms with E-state index in [0.717, 1.165) is 5.56 Å². The minimum atomic E-state index is -3.37. The molecule has 0 fully saturated rings. The molecule has 1 rings (SSSR count). The lowest BCUT2D eigenvalue weighted by molar-refractivity contribution is -0.137. The quantitative estimate of drug-likeness (QED) is 0.874.